The van der Waals surface area contributed by atoms with E-state index in [0.29, 0.717) is 30.6 Å². The third kappa shape index (κ3) is 3.18. The van der Waals surface area contributed by atoms with Crippen molar-refractivity contribution in [2.75, 3.05) is 26.7 Å². The number of rotatable bonds is 3. The smallest absolute Gasteiger partial charge is 0.243 e. The Labute approximate surface area is 132 Å². The summed E-state index contributed by atoms with van der Waals surface area (Å²) in [5.74, 6) is 0.817. The molecule has 21 heavy (non-hydrogen) atoms. The molecule has 1 fully saturated rings. The second-order valence-corrected chi connectivity index (χ2v) is 7.27. The van der Waals surface area contributed by atoms with E-state index in [2.05, 4.69) is 5.32 Å². The molecule has 3 rings (SSSR count). The third-order valence-corrected chi connectivity index (χ3v) is 6.06. The number of benzene rings is 1. The van der Waals surface area contributed by atoms with Gasteiger partial charge in [-0.1, -0.05) is 0 Å². The van der Waals surface area contributed by atoms with Crippen LogP contribution in [0.1, 0.15) is 18.4 Å². The first kappa shape index (κ1) is 16.5. The fraction of sp³-hybridized carbons (Fsp3) is 0.571. The number of hydrogen-bond acceptors (Lipinski definition) is 4. The lowest BCUT2D eigenvalue weighted by molar-refractivity contribution is 0.298. The van der Waals surface area contributed by atoms with Crippen molar-refractivity contribution in [2.24, 2.45) is 0 Å². The number of fused-ring (bicyclic) bond motifs is 1. The summed E-state index contributed by atoms with van der Waals surface area (Å²) in [6.07, 6.45) is 2.52. The zero-order valence-corrected chi connectivity index (χ0v) is 13.7. The van der Waals surface area contributed by atoms with Crippen molar-refractivity contribution >= 4 is 22.4 Å². The molecular formula is C14H21ClN2O3S. The van der Waals surface area contributed by atoms with Crippen LogP contribution in [0.4, 0.5) is 0 Å². The van der Waals surface area contributed by atoms with Gasteiger partial charge >= 0.3 is 0 Å². The summed E-state index contributed by atoms with van der Waals surface area (Å²) in [4.78, 5) is 0.393. The molecule has 1 N–H and O–H groups in total. The van der Waals surface area contributed by atoms with Crippen LogP contribution in [0.25, 0.3) is 0 Å². The molecule has 0 unspecified atom stereocenters. The fourth-order valence-corrected chi connectivity index (χ4v) is 4.38. The van der Waals surface area contributed by atoms with Crippen LogP contribution in [0.2, 0.25) is 0 Å². The SMILES string of the molecule is CNC1CCN(S(=O)(=O)c2ccc3c(c2)CCO3)CC1.Cl. The molecule has 0 atom stereocenters. The quantitative estimate of drug-likeness (QED) is 0.909. The maximum atomic E-state index is 12.6. The summed E-state index contributed by atoms with van der Waals surface area (Å²) < 4.78 is 32.3. The fourth-order valence-electron chi connectivity index (χ4n) is 2.86. The Morgan fingerprint density at radius 1 is 1.29 bits per heavy atom. The third-order valence-electron chi connectivity index (χ3n) is 4.16. The van der Waals surface area contributed by atoms with Crippen molar-refractivity contribution in [3.8, 4) is 5.75 Å². The molecule has 118 valence electrons. The van der Waals surface area contributed by atoms with E-state index < -0.39 is 10.0 Å². The van der Waals surface area contributed by atoms with Crippen LogP contribution in [0.5, 0.6) is 5.75 Å². The lowest BCUT2D eigenvalue weighted by atomic mass is 10.1. The van der Waals surface area contributed by atoms with Gasteiger partial charge in [-0.2, -0.15) is 4.31 Å². The normalized spacial score (nSPS) is 19.7. The Kier molecular flexibility index (Phi) is 5.14. The lowest BCUT2D eigenvalue weighted by Crippen LogP contribution is -2.43. The van der Waals surface area contributed by atoms with E-state index >= 15 is 0 Å². The van der Waals surface area contributed by atoms with Gasteiger partial charge in [0, 0.05) is 25.6 Å². The number of halogens is 1. The standard InChI is InChI=1S/C14H20N2O3S.ClH/c1-15-12-4-7-16(8-5-12)20(17,18)13-2-3-14-11(10-13)6-9-19-14;/h2-3,10,12,15H,4-9H2,1H3;1H. The molecule has 2 heterocycles. The maximum Gasteiger partial charge on any atom is 0.243 e. The second kappa shape index (κ2) is 6.52. The van der Waals surface area contributed by atoms with Gasteiger partial charge in [0.25, 0.3) is 0 Å². The summed E-state index contributed by atoms with van der Waals surface area (Å²) in [6, 6.07) is 5.62. The molecular weight excluding hydrogens is 312 g/mol. The average Bonchev–Trinajstić information content (AvgIpc) is 2.94. The zero-order chi connectivity index (χ0) is 14.2. The monoisotopic (exact) mass is 332 g/mol. The van der Waals surface area contributed by atoms with Crippen LogP contribution in [-0.4, -0.2) is 45.5 Å². The van der Waals surface area contributed by atoms with Crippen LogP contribution in [-0.2, 0) is 16.4 Å². The number of piperidine rings is 1. The summed E-state index contributed by atoms with van der Waals surface area (Å²) in [5.41, 5.74) is 0.996. The van der Waals surface area contributed by atoms with Gasteiger partial charge in [0.05, 0.1) is 11.5 Å². The first-order valence-electron chi connectivity index (χ1n) is 7.04. The molecule has 5 nitrogen and oxygen atoms in total. The van der Waals surface area contributed by atoms with Gasteiger partial charge in [-0.25, -0.2) is 8.42 Å². The van der Waals surface area contributed by atoms with Crippen molar-refractivity contribution in [2.45, 2.75) is 30.2 Å². The van der Waals surface area contributed by atoms with Crippen LogP contribution in [0, 0.1) is 0 Å². The first-order chi connectivity index (χ1) is 9.61. The largest absolute Gasteiger partial charge is 0.493 e. The molecule has 1 aromatic carbocycles. The highest BCUT2D eigenvalue weighted by atomic mass is 35.5. The highest BCUT2D eigenvalue weighted by molar-refractivity contribution is 7.89. The summed E-state index contributed by atoms with van der Waals surface area (Å²) in [5, 5.41) is 3.21. The molecule has 0 amide bonds. The van der Waals surface area contributed by atoms with Gasteiger partial charge in [0.15, 0.2) is 0 Å². The summed E-state index contributed by atoms with van der Waals surface area (Å²) in [6.45, 7) is 1.81. The number of hydrogen-bond donors (Lipinski definition) is 1. The van der Waals surface area contributed by atoms with Crippen molar-refractivity contribution < 1.29 is 13.2 Å². The van der Waals surface area contributed by atoms with E-state index in [-0.39, 0.29) is 12.4 Å². The summed E-state index contributed by atoms with van der Waals surface area (Å²) in [7, 11) is -1.44. The van der Waals surface area contributed by atoms with Gasteiger partial charge < -0.3 is 10.1 Å². The van der Waals surface area contributed by atoms with Crippen LogP contribution in [0.15, 0.2) is 23.1 Å². The predicted molar refractivity (Wildman–Crippen MR) is 83.7 cm³/mol. The molecule has 0 saturated carbocycles. The minimum atomic E-state index is -3.37. The Bertz CT molecular complexity index is 598. The molecule has 0 aromatic heterocycles. The number of sulfonamides is 1. The highest BCUT2D eigenvalue weighted by Gasteiger charge is 2.29. The summed E-state index contributed by atoms with van der Waals surface area (Å²) >= 11 is 0. The van der Waals surface area contributed by atoms with E-state index in [4.69, 9.17) is 4.74 Å². The van der Waals surface area contributed by atoms with E-state index in [0.717, 1.165) is 30.6 Å². The molecule has 2 aliphatic rings. The number of nitrogens with zero attached hydrogens (tertiary/aromatic N) is 1. The zero-order valence-electron chi connectivity index (χ0n) is 12.0. The van der Waals surface area contributed by atoms with Crippen molar-refractivity contribution in [1.29, 1.82) is 0 Å². The van der Waals surface area contributed by atoms with Crippen LogP contribution < -0.4 is 10.1 Å². The molecule has 0 spiro atoms. The van der Waals surface area contributed by atoms with E-state index in [9.17, 15) is 8.42 Å². The topological polar surface area (TPSA) is 58.6 Å². The van der Waals surface area contributed by atoms with Gasteiger partial charge in [-0.3, -0.25) is 0 Å². The molecule has 2 aliphatic heterocycles. The van der Waals surface area contributed by atoms with Crippen molar-refractivity contribution in [1.82, 2.24) is 9.62 Å². The molecule has 7 heteroatoms. The second-order valence-electron chi connectivity index (χ2n) is 5.34. The molecule has 0 radical (unpaired) electrons. The number of ether oxygens (including phenoxy) is 1. The van der Waals surface area contributed by atoms with Gasteiger partial charge in [-0.15, -0.1) is 12.4 Å². The highest BCUT2D eigenvalue weighted by Crippen LogP contribution is 2.29. The molecule has 0 bridgehead atoms. The minimum absolute atomic E-state index is 0. The first-order valence-corrected chi connectivity index (χ1v) is 8.48. The molecule has 1 saturated heterocycles. The Morgan fingerprint density at radius 3 is 2.67 bits per heavy atom. The maximum absolute atomic E-state index is 12.6. The number of nitrogens with one attached hydrogen (secondary N) is 1. The van der Waals surface area contributed by atoms with E-state index in [1.54, 1.807) is 22.5 Å². The minimum Gasteiger partial charge on any atom is -0.493 e. The van der Waals surface area contributed by atoms with Crippen LogP contribution >= 0.6 is 12.4 Å². The van der Waals surface area contributed by atoms with E-state index in [1.165, 1.54) is 0 Å². The molecule has 1 aromatic rings. The van der Waals surface area contributed by atoms with Crippen molar-refractivity contribution in [3.05, 3.63) is 23.8 Å². The van der Waals surface area contributed by atoms with Gasteiger partial charge in [0.2, 0.25) is 10.0 Å². The van der Waals surface area contributed by atoms with Crippen LogP contribution in [0.3, 0.4) is 0 Å². The Morgan fingerprint density at radius 2 is 2.00 bits per heavy atom. The Balaban J connectivity index is 0.00000161. The van der Waals surface area contributed by atoms with Crippen molar-refractivity contribution in [3.63, 3.8) is 0 Å². The van der Waals surface area contributed by atoms with E-state index in [1.807, 2.05) is 7.05 Å². The van der Waals surface area contributed by atoms with Gasteiger partial charge in [0.1, 0.15) is 5.75 Å². The Hall–Kier alpha value is -0.820. The molecule has 0 aliphatic carbocycles. The average molecular weight is 333 g/mol. The lowest BCUT2D eigenvalue weighted by Gasteiger charge is -2.31. The van der Waals surface area contributed by atoms with Gasteiger partial charge in [-0.05, 0) is 43.7 Å². The predicted octanol–water partition coefficient (Wildman–Crippen LogP) is 1.42.